The van der Waals surface area contributed by atoms with E-state index in [0.29, 0.717) is 5.69 Å². The van der Waals surface area contributed by atoms with Crippen molar-refractivity contribution in [3.8, 4) is 5.69 Å². The average molecular weight is 326 g/mol. The lowest BCUT2D eigenvalue weighted by molar-refractivity contribution is -0.144. The van der Waals surface area contributed by atoms with Crippen molar-refractivity contribution in [2.45, 2.75) is 40.4 Å². The van der Waals surface area contributed by atoms with Gasteiger partial charge in [-0.2, -0.15) is 13.2 Å². The summed E-state index contributed by atoms with van der Waals surface area (Å²) < 4.78 is 39.5. The number of hydrogen-bond acceptors (Lipinski definition) is 3. The van der Waals surface area contributed by atoms with Crippen molar-refractivity contribution < 1.29 is 13.2 Å². The van der Waals surface area contributed by atoms with Gasteiger partial charge in [0.2, 0.25) is 0 Å². The zero-order chi connectivity index (χ0) is 17.2. The SMILES string of the molecule is CCN(CC)Cc1ccc(-n2nc(C(F)(F)F)nc2C)c(C)c1. The summed E-state index contributed by atoms with van der Waals surface area (Å²) in [6.07, 6.45) is -4.54. The van der Waals surface area contributed by atoms with Gasteiger partial charge in [-0.15, -0.1) is 5.10 Å². The lowest BCUT2D eigenvalue weighted by Crippen LogP contribution is -2.22. The number of aryl methyl sites for hydroxylation is 2. The van der Waals surface area contributed by atoms with Crippen LogP contribution in [0.25, 0.3) is 5.69 Å². The summed E-state index contributed by atoms with van der Waals surface area (Å²) in [5, 5.41) is 3.61. The molecule has 2 rings (SSSR count). The molecule has 0 aliphatic rings. The van der Waals surface area contributed by atoms with Crippen molar-refractivity contribution in [2.75, 3.05) is 13.1 Å². The minimum Gasteiger partial charge on any atom is -0.300 e. The fourth-order valence-corrected chi connectivity index (χ4v) is 2.50. The van der Waals surface area contributed by atoms with E-state index in [9.17, 15) is 13.2 Å². The standard InChI is InChI=1S/C16H21F3N4/c1-5-22(6-2)10-13-7-8-14(11(3)9-13)23-12(4)20-15(21-23)16(17,18)19/h7-9H,5-6,10H2,1-4H3. The molecule has 0 spiro atoms. The number of nitrogens with zero attached hydrogens (tertiary/aromatic N) is 4. The second-order valence-electron chi connectivity index (χ2n) is 5.47. The normalized spacial score (nSPS) is 12.2. The van der Waals surface area contributed by atoms with Crippen LogP contribution in [0.15, 0.2) is 18.2 Å². The Labute approximate surface area is 133 Å². The van der Waals surface area contributed by atoms with E-state index >= 15 is 0 Å². The Morgan fingerprint density at radius 3 is 2.26 bits per heavy atom. The van der Waals surface area contributed by atoms with Gasteiger partial charge in [0, 0.05) is 6.54 Å². The number of hydrogen-bond donors (Lipinski definition) is 0. The summed E-state index contributed by atoms with van der Waals surface area (Å²) in [4.78, 5) is 5.79. The van der Waals surface area contributed by atoms with Gasteiger partial charge in [0.25, 0.3) is 5.82 Å². The molecule has 0 atom stereocenters. The van der Waals surface area contributed by atoms with E-state index in [1.165, 1.54) is 11.6 Å². The molecule has 0 unspecified atom stereocenters. The third-order valence-electron chi connectivity index (χ3n) is 3.81. The predicted molar refractivity (Wildman–Crippen MR) is 82.5 cm³/mol. The molecule has 0 aliphatic carbocycles. The fourth-order valence-electron chi connectivity index (χ4n) is 2.50. The van der Waals surface area contributed by atoms with Gasteiger partial charge in [0.1, 0.15) is 5.82 Å². The van der Waals surface area contributed by atoms with E-state index in [1.54, 1.807) is 6.07 Å². The molecule has 7 heteroatoms. The molecule has 23 heavy (non-hydrogen) atoms. The summed E-state index contributed by atoms with van der Waals surface area (Å²) in [7, 11) is 0. The molecule has 2 aromatic rings. The Kier molecular flexibility index (Phi) is 5.09. The van der Waals surface area contributed by atoms with Crippen LogP contribution in [0.1, 0.15) is 36.6 Å². The van der Waals surface area contributed by atoms with Gasteiger partial charge in [0.05, 0.1) is 5.69 Å². The molecular weight excluding hydrogens is 305 g/mol. The van der Waals surface area contributed by atoms with Gasteiger partial charge < -0.3 is 0 Å². The molecular formula is C16H21F3N4. The van der Waals surface area contributed by atoms with Gasteiger partial charge in [-0.1, -0.05) is 26.0 Å². The number of halogens is 3. The Hall–Kier alpha value is -1.89. The topological polar surface area (TPSA) is 34.0 Å². The van der Waals surface area contributed by atoms with E-state index in [4.69, 9.17) is 0 Å². The third kappa shape index (κ3) is 3.90. The average Bonchev–Trinajstić information content (AvgIpc) is 2.87. The molecule has 0 saturated carbocycles. The molecule has 1 aromatic heterocycles. The van der Waals surface area contributed by atoms with Gasteiger partial charge in [-0.3, -0.25) is 4.90 Å². The van der Waals surface area contributed by atoms with Crippen molar-refractivity contribution in [1.82, 2.24) is 19.7 Å². The van der Waals surface area contributed by atoms with E-state index in [0.717, 1.165) is 30.8 Å². The highest BCUT2D eigenvalue weighted by Gasteiger charge is 2.36. The summed E-state index contributed by atoms with van der Waals surface area (Å²) in [5.74, 6) is -0.890. The van der Waals surface area contributed by atoms with Crippen molar-refractivity contribution >= 4 is 0 Å². The Morgan fingerprint density at radius 1 is 1.13 bits per heavy atom. The van der Waals surface area contributed by atoms with E-state index in [1.807, 2.05) is 19.1 Å². The Morgan fingerprint density at radius 2 is 1.78 bits per heavy atom. The largest absolute Gasteiger partial charge is 0.453 e. The first-order valence-electron chi connectivity index (χ1n) is 7.59. The van der Waals surface area contributed by atoms with Crippen LogP contribution in [0.3, 0.4) is 0 Å². The molecule has 1 heterocycles. The summed E-state index contributed by atoms with van der Waals surface area (Å²) >= 11 is 0. The lowest BCUT2D eigenvalue weighted by atomic mass is 10.1. The zero-order valence-corrected chi connectivity index (χ0v) is 13.8. The maximum atomic E-state index is 12.7. The molecule has 0 radical (unpaired) electrons. The van der Waals surface area contributed by atoms with Crippen LogP contribution < -0.4 is 0 Å². The summed E-state index contributed by atoms with van der Waals surface area (Å²) in [5.41, 5.74) is 2.62. The first kappa shape index (κ1) is 17.5. The maximum absolute atomic E-state index is 12.7. The van der Waals surface area contributed by atoms with Crippen LogP contribution in [0.5, 0.6) is 0 Å². The summed E-state index contributed by atoms with van der Waals surface area (Å²) in [6.45, 7) is 10.3. The summed E-state index contributed by atoms with van der Waals surface area (Å²) in [6, 6.07) is 5.72. The van der Waals surface area contributed by atoms with Crippen molar-refractivity contribution in [2.24, 2.45) is 0 Å². The molecule has 0 aliphatic heterocycles. The van der Waals surface area contributed by atoms with Crippen molar-refractivity contribution in [3.63, 3.8) is 0 Å². The molecule has 0 bridgehead atoms. The second-order valence-corrected chi connectivity index (χ2v) is 5.47. The van der Waals surface area contributed by atoms with E-state index in [2.05, 4.69) is 28.8 Å². The van der Waals surface area contributed by atoms with Crippen molar-refractivity contribution in [1.29, 1.82) is 0 Å². The highest BCUT2D eigenvalue weighted by atomic mass is 19.4. The van der Waals surface area contributed by atoms with Crippen LogP contribution in [0.2, 0.25) is 0 Å². The van der Waals surface area contributed by atoms with Gasteiger partial charge in [-0.25, -0.2) is 9.67 Å². The van der Waals surface area contributed by atoms with Gasteiger partial charge in [-0.05, 0) is 44.1 Å². The molecule has 4 nitrogen and oxygen atoms in total. The number of rotatable bonds is 5. The number of benzene rings is 1. The van der Waals surface area contributed by atoms with E-state index in [-0.39, 0.29) is 5.82 Å². The smallest absolute Gasteiger partial charge is 0.300 e. The molecule has 0 saturated heterocycles. The van der Waals surface area contributed by atoms with Gasteiger partial charge >= 0.3 is 6.18 Å². The molecule has 0 N–H and O–H groups in total. The predicted octanol–water partition coefficient (Wildman–Crippen LogP) is 3.74. The Balaban J connectivity index is 2.33. The first-order chi connectivity index (χ1) is 10.8. The monoisotopic (exact) mass is 326 g/mol. The van der Waals surface area contributed by atoms with Crippen LogP contribution in [-0.4, -0.2) is 32.8 Å². The van der Waals surface area contributed by atoms with Crippen LogP contribution in [0, 0.1) is 13.8 Å². The molecule has 1 aromatic carbocycles. The number of aromatic nitrogens is 3. The second kappa shape index (κ2) is 6.70. The quantitative estimate of drug-likeness (QED) is 0.839. The Bertz CT molecular complexity index is 672. The fraction of sp³-hybridized carbons (Fsp3) is 0.500. The number of alkyl halides is 3. The molecule has 126 valence electrons. The minimum atomic E-state index is -4.54. The van der Waals surface area contributed by atoms with Crippen LogP contribution in [0.4, 0.5) is 13.2 Å². The minimum absolute atomic E-state index is 0.219. The highest BCUT2D eigenvalue weighted by molar-refractivity contribution is 5.42. The van der Waals surface area contributed by atoms with Crippen molar-refractivity contribution in [3.05, 3.63) is 41.0 Å². The lowest BCUT2D eigenvalue weighted by Gasteiger charge is -2.19. The molecule has 0 amide bonds. The van der Waals surface area contributed by atoms with Crippen LogP contribution >= 0.6 is 0 Å². The third-order valence-corrected chi connectivity index (χ3v) is 3.81. The van der Waals surface area contributed by atoms with Crippen LogP contribution in [-0.2, 0) is 12.7 Å². The van der Waals surface area contributed by atoms with Gasteiger partial charge in [0.15, 0.2) is 0 Å². The highest BCUT2D eigenvalue weighted by Crippen LogP contribution is 2.27. The first-order valence-corrected chi connectivity index (χ1v) is 7.59. The zero-order valence-electron chi connectivity index (χ0n) is 13.8. The van der Waals surface area contributed by atoms with E-state index < -0.39 is 12.0 Å². The molecule has 0 fully saturated rings. The maximum Gasteiger partial charge on any atom is 0.453 e.